The zero-order chi connectivity index (χ0) is 12.1. The number of ether oxygens (including phenoxy) is 1. The number of benzene rings is 1. The van der Waals surface area contributed by atoms with Crippen LogP contribution in [0.1, 0.15) is 22.2 Å². The van der Waals surface area contributed by atoms with Gasteiger partial charge in [-0.05, 0) is 36.2 Å². The summed E-state index contributed by atoms with van der Waals surface area (Å²) in [6, 6.07) is 12.2. The third-order valence-electron chi connectivity index (χ3n) is 2.52. The van der Waals surface area contributed by atoms with Gasteiger partial charge in [0.1, 0.15) is 12.4 Å². The van der Waals surface area contributed by atoms with Crippen LogP contribution in [0.25, 0.3) is 0 Å². The number of hydrogen-bond acceptors (Lipinski definition) is 2. The lowest BCUT2D eigenvalue weighted by Crippen LogP contribution is -1.92. The Morgan fingerprint density at radius 2 is 1.76 bits per heavy atom. The Hall–Kier alpha value is -0.990. The average molecular weight is 267 g/mol. The normalized spacial score (nSPS) is 10.5. The van der Waals surface area contributed by atoms with E-state index in [1.165, 1.54) is 9.75 Å². The molecular weight excluding hydrogens is 252 g/mol. The lowest BCUT2D eigenvalue weighted by atomic mass is 10.2. The summed E-state index contributed by atoms with van der Waals surface area (Å²) in [6.45, 7) is 2.81. The lowest BCUT2D eigenvalue weighted by Gasteiger charge is -2.04. The van der Waals surface area contributed by atoms with E-state index in [-0.39, 0.29) is 0 Å². The third kappa shape index (κ3) is 3.48. The molecule has 2 rings (SSSR count). The predicted octanol–water partition coefficient (Wildman–Crippen LogP) is 4.63. The van der Waals surface area contributed by atoms with Crippen molar-refractivity contribution in [3.8, 4) is 5.75 Å². The highest BCUT2D eigenvalue weighted by molar-refractivity contribution is 7.11. The maximum Gasteiger partial charge on any atom is 0.122 e. The molecule has 3 heteroatoms. The van der Waals surface area contributed by atoms with Crippen LogP contribution in [0.2, 0.25) is 0 Å². The van der Waals surface area contributed by atoms with Crippen LogP contribution in [0.3, 0.4) is 0 Å². The lowest BCUT2D eigenvalue weighted by molar-refractivity contribution is 0.310. The molecule has 0 aliphatic heterocycles. The van der Waals surface area contributed by atoms with Crippen molar-refractivity contribution in [2.24, 2.45) is 0 Å². The van der Waals surface area contributed by atoms with E-state index >= 15 is 0 Å². The molecule has 0 unspecified atom stereocenters. The highest BCUT2D eigenvalue weighted by atomic mass is 35.5. The summed E-state index contributed by atoms with van der Waals surface area (Å²) >= 11 is 7.55. The van der Waals surface area contributed by atoms with Gasteiger partial charge < -0.3 is 4.74 Å². The van der Waals surface area contributed by atoms with E-state index in [9.17, 15) is 0 Å². The fraction of sp³-hybridized carbons (Fsp3) is 0.286. The van der Waals surface area contributed by atoms with Crippen LogP contribution >= 0.6 is 22.9 Å². The van der Waals surface area contributed by atoms with E-state index in [1.54, 1.807) is 0 Å². The van der Waals surface area contributed by atoms with Gasteiger partial charge in [0.2, 0.25) is 0 Å². The topological polar surface area (TPSA) is 9.23 Å². The van der Waals surface area contributed by atoms with E-state index in [2.05, 4.69) is 19.1 Å². The van der Waals surface area contributed by atoms with Crippen molar-refractivity contribution in [1.29, 1.82) is 0 Å². The minimum atomic E-state index is 0.547. The number of alkyl halides is 1. The maximum atomic E-state index is 5.73. The van der Waals surface area contributed by atoms with Crippen LogP contribution in [0.4, 0.5) is 0 Å². The Morgan fingerprint density at radius 3 is 2.35 bits per heavy atom. The fourth-order valence-corrected chi connectivity index (χ4v) is 2.57. The van der Waals surface area contributed by atoms with E-state index in [1.807, 2.05) is 35.6 Å². The molecule has 1 aromatic heterocycles. The minimum absolute atomic E-state index is 0.547. The van der Waals surface area contributed by atoms with E-state index in [0.29, 0.717) is 12.5 Å². The summed E-state index contributed by atoms with van der Waals surface area (Å²) in [7, 11) is 0. The van der Waals surface area contributed by atoms with Crippen LogP contribution in [0.5, 0.6) is 5.75 Å². The molecule has 0 saturated carbocycles. The summed E-state index contributed by atoms with van der Waals surface area (Å²) in [6.07, 6.45) is 1.09. The second-order valence-corrected chi connectivity index (χ2v) is 5.31. The predicted molar refractivity (Wildman–Crippen MR) is 74.0 cm³/mol. The molecule has 0 amide bonds. The molecule has 0 N–H and O–H groups in total. The molecule has 0 aliphatic carbocycles. The summed E-state index contributed by atoms with van der Waals surface area (Å²) in [5, 5.41) is 0. The second-order valence-electron chi connectivity index (χ2n) is 3.79. The highest BCUT2D eigenvalue weighted by Gasteiger charge is 2.00. The van der Waals surface area contributed by atoms with E-state index < -0.39 is 0 Å². The zero-order valence-corrected chi connectivity index (χ0v) is 11.4. The highest BCUT2D eigenvalue weighted by Crippen LogP contribution is 2.20. The largest absolute Gasteiger partial charge is 0.488 e. The van der Waals surface area contributed by atoms with Gasteiger partial charge in [-0.1, -0.05) is 19.1 Å². The Kier molecular flexibility index (Phi) is 4.46. The van der Waals surface area contributed by atoms with Crippen molar-refractivity contribution < 1.29 is 4.74 Å². The molecule has 0 fully saturated rings. The molecule has 1 aromatic carbocycles. The van der Waals surface area contributed by atoms with Gasteiger partial charge in [0.15, 0.2) is 0 Å². The van der Waals surface area contributed by atoms with Gasteiger partial charge in [-0.25, -0.2) is 0 Å². The van der Waals surface area contributed by atoms with Crippen molar-refractivity contribution in [1.82, 2.24) is 0 Å². The van der Waals surface area contributed by atoms with Crippen molar-refractivity contribution in [2.75, 3.05) is 0 Å². The van der Waals surface area contributed by atoms with E-state index in [0.717, 1.165) is 17.7 Å². The second kappa shape index (κ2) is 6.08. The monoisotopic (exact) mass is 266 g/mol. The molecule has 0 radical (unpaired) electrons. The van der Waals surface area contributed by atoms with Gasteiger partial charge in [0, 0.05) is 15.6 Å². The minimum Gasteiger partial charge on any atom is -0.488 e. The average Bonchev–Trinajstić information content (AvgIpc) is 2.85. The van der Waals surface area contributed by atoms with Crippen molar-refractivity contribution >= 4 is 22.9 Å². The zero-order valence-electron chi connectivity index (χ0n) is 9.78. The van der Waals surface area contributed by atoms with Crippen molar-refractivity contribution in [2.45, 2.75) is 25.8 Å². The van der Waals surface area contributed by atoms with Crippen LogP contribution < -0.4 is 4.74 Å². The quantitative estimate of drug-likeness (QED) is 0.717. The molecule has 90 valence electrons. The van der Waals surface area contributed by atoms with Crippen molar-refractivity contribution in [3.63, 3.8) is 0 Å². The maximum absolute atomic E-state index is 5.73. The van der Waals surface area contributed by atoms with Crippen LogP contribution in [-0.4, -0.2) is 0 Å². The molecule has 17 heavy (non-hydrogen) atoms. The van der Waals surface area contributed by atoms with Gasteiger partial charge >= 0.3 is 0 Å². The van der Waals surface area contributed by atoms with Crippen molar-refractivity contribution in [3.05, 3.63) is 51.7 Å². The summed E-state index contributed by atoms with van der Waals surface area (Å²) in [4.78, 5) is 2.67. The summed E-state index contributed by atoms with van der Waals surface area (Å²) in [5.74, 6) is 1.44. The molecule has 0 spiro atoms. The Balaban J connectivity index is 1.92. The smallest absolute Gasteiger partial charge is 0.122 e. The molecule has 0 bridgehead atoms. The number of hydrogen-bond donors (Lipinski definition) is 0. The number of rotatable bonds is 5. The van der Waals surface area contributed by atoms with Crippen LogP contribution in [-0.2, 0) is 18.9 Å². The van der Waals surface area contributed by atoms with Gasteiger partial charge in [-0.15, -0.1) is 22.9 Å². The molecule has 0 saturated heterocycles. The molecular formula is C14H15ClOS. The number of thiophene rings is 1. The van der Waals surface area contributed by atoms with Gasteiger partial charge in [-0.2, -0.15) is 0 Å². The number of halogens is 1. The molecule has 1 heterocycles. The Morgan fingerprint density at radius 1 is 1.06 bits per heavy atom. The Labute approximate surface area is 111 Å². The van der Waals surface area contributed by atoms with Gasteiger partial charge in [0.05, 0.1) is 0 Å². The van der Waals surface area contributed by atoms with Crippen LogP contribution in [0.15, 0.2) is 36.4 Å². The first-order valence-corrected chi connectivity index (χ1v) is 7.02. The first-order valence-electron chi connectivity index (χ1n) is 5.67. The first kappa shape index (κ1) is 12.5. The fourth-order valence-electron chi connectivity index (χ4n) is 1.52. The standard InChI is InChI=1S/C14H15ClOS/c1-2-13-7-8-14(17-13)10-16-12-5-3-11(9-15)4-6-12/h3-8H,2,9-10H2,1H3. The molecule has 0 atom stereocenters. The third-order valence-corrected chi connectivity index (χ3v) is 4.04. The van der Waals surface area contributed by atoms with E-state index in [4.69, 9.17) is 16.3 Å². The van der Waals surface area contributed by atoms with Gasteiger partial charge in [-0.3, -0.25) is 0 Å². The SMILES string of the molecule is CCc1ccc(COc2ccc(CCl)cc2)s1. The van der Waals surface area contributed by atoms with Gasteiger partial charge in [0.25, 0.3) is 0 Å². The summed E-state index contributed by atoms with van der Waals surface area (Å²) in [5.41, 5.74) is 1.11. The number of aryl methyl sites for hydroxylation is 1. The first-order chi connectivity index (χ1) is 8.31. The molecule has 2 aromatic rings. The van der Waals surface area contributed by atoms with Crippen LogP contribution in [0, 0.1) is 0 Å². The summed E-state index contributed by atoms with van der Waals surface area (Å²) < 4.78 is 5.72. The Bertz CT molecular complexity index is 461. The molecule has 1 nitrogen and oxygen atoms in total. The molecule has 0 aliphatic rings.